The predicted octanol–water partition coefficient (Wildman–Crippen LogP) is 2.92. The normalized spacial score (nSPS) is 10.1. The van der Waals surface area contributed by atoms with Gasteiger partial charge in [-0.15, -0.1) is 0 Å². The Morgan fingerprint density at radius 3 is 2.89 bits per heavy atom. The SMILES string of the molecule is Cc1ccc(OCc2cccc(F)c2)c(C=O)n1. The Bertz CT molecular complexity index is 569. The van der Waals surface area contributed by atoms with Crippen molar-refractivity contribution in [3.8, 4) is 5.75 Å². The van der Waals surface area contributed by atoms with Gasteiger partial charge in [0.1, 0.15) is 23.9 Å². The molecular weight excluding hydrogens is 233 g/mol. The van der Waals surface area contributed by atoms with Crippen LogP contribution in [-0.2, 0) is 6.61 Å². The summed E-state index contributed by atoms with van der Waals surface area (Å²) in [5.74, 6) is 0.0913. The van der Waals surface area contributed by atoms with Gasteiger partial charge in [0.15, 0.2) is 6.29 Å². The van der Waals surface area contributed by atoms with Crippen molar-refractivity contribution in [3.05, 3.63) is 59.2 Å². The molecule has 0 radical (unpaired) electrons. The highest BCUT2D eigenvalue weighted by atomic mass is 19.1. The van der Waals surface area contributed by atoms with E-state index in [2.05, 4.69) is 4.98 Å². The highest BCUT2D eigenvalue weighted by molar-refractivity contribution is 5.76. The van der Waals surface area contributed by atoms with Gasteiger partial charge in [-0.2, -0.15) is 0 Å². The fourth-order valence-electron chi connectivity index (χ4n) is 1.56. The first-order valence-corrected chi connectivity index (χ1v) is 5.49. The Morgan fingerprint density at radius 1 is 1.33 bits per heavy atom. The smallest absolute Gasteiger partial charge is 0.172 e. The molecular formula is C14H12FNO2. The molecule has 1 aromatic heterocycles. The van der Waals surface area contributed by atoms with Crippen molar-refractivity contribution >= 4 is 6.29 Å². The van der Waals surface area contributed by atoms with Crippen LogP contribution in [0.15, 0.2) is 36.4 Å². The molecule has 0 amide bonds. The van der Waals surface area contributed by atoms with Crippen LogP contribution in [0.5, 0.6) is 5.75 Å². The number of nitrogens with zero attached hydrogens (tertiary/aromatic N) is 1. The second kappa shape index (κ2) is 5.40. The first kappa shape index (κ1) is 12.2. The van der Waals surface area contributed by atoms with Crippen molar-refractivity contribution in [1.82, 2.24) is 4.98 Å². The molecule has 4 heteroatoms. The van der Waals surface area contributed by atoms with Gasteiger partial charge in [-0.25, -0.2) is 9.37 Å². The predicted molar refractivity (Wildman–Crippen MR) is 65.1 cm³/mol. The zero-order chi connectivity index (χ0) is 13.0. The molecule has 2 aromatic rings. The minimum Gasteiger partial charge on any atom is -0.487 e. The third-order valence-corrected chi connectivity index (χ3v) is 2.42. The third-order valence-electron chi connectivity index (χ3n) is 2.42. The highest BCUT2D eigenvalue weighted by Crippen LogP contribution is 2.17. The summed E-state index contributed by atoms with van der Waals surface area (Å²) in [6.45, 7) is 1.99. The Morgan fingerprint density at radius 2 is 2.17 bits per heavy atom. The quantitative estimate of drug-likeness (QED) is 0.777. The fourth-order valence-corrected chi connectivity index (χ4v) is 1.56. The summed E-state index contributed by atoms with van der Waals surface area (Å²) in [7, 11) is 0. The van der Waals surface area contributed by atoms with E-state index in [-0.39, 0.29) is 18.1 Å². The molecule has 1 aromatic carbocycles. The van der Waals surface area contributed by atoms with Crippen LogP contribution in [0.1, 0.15) is 21.7 Å². The minimum absolute atomic E-state index is 0.198. The highest BCUT2D eigenvalue weighted by Gasteiger charge is 2.05. The number of hydrogen-bond donors (Lipinski definition) is 0. The summed E-state index contributed by atoms with van der Waals surface area (Å²) >= 11 is 0. The molecule has 3 nitrogen and oxygen atoms in total. The summed E-state index contributed by atoms with van der Waals surface area (Å²) in [5, 5.41) is 0. The number of aromatic nitrogens is 1. The Labute approximate surface area is 104 Å². The first-order valence-electron chi connectivity index (χ1n) is 5.49. The zero-order valence-corrected chi connectivity index (χ0v) is 9.89. The average molecular weight is 245 g/mol. The number of pyridine rings is 1. The number of ether oxygens (including phenoxy) is 1. The zero-order valence-electron chi connectivity index (χ0n) is 9.89. The van der Waals surface area contributed by atoms with Crippen LogP contribution in [0.3, 0.4) is 0 Å². The van der Waals surface area contributed by atoms with E-state index in [4.69, 9.17) is 4.74 Å². The van der Waals surface area contributed by atoms with Crippen LogP contribution in [0, 0.1) is 12.7 Å². The van der Waals surface area contributed by atoms with Crippen molar-refractivity contribution in [2.45, 2.75) is 13.5 Å². The van der Waals surface area contributed by atoms with Gasteiger partial charge in [0.05, 0.1) is 0 Å². The number of aryl methyl sites for hydroxylation is 1. The van der Waals surface area contributed by atoms with Crippen LogP contribution in [0.25, 0.3) is 0 Å². The Kier molecular flexibility index (Phi) is 3.67. The number of benzene rings is 1. The summed E-state index contributed by atoms with van der Waals surface area (Å²) in [6.07, 6.45) is 0.647. The molecule has 0 saturated heterocycles. The first-order chi connectivity index (χ1) is 8.69. The van der Waals surface area contributed by atoms with Gasteiger partial charge in [-0.05, 0) is 36.8 Å². The molecule has 18 heavy (non-hydrogen) atoms. The Hall–Kier alpha value is -2.23. The molecule has 1 heterocycles. The molecule has 0 aliphatic heterocycles. The van der Waals surface area contributed by atoms with Crippen LogP contribution in [-0.4, -0.2) is 11.3 Å². The van der Waals surface area contributed by atoms with Gasteiger partial charge in [0.25, 0.3) is 0 Å². The lowest BCUT2D eigenvalue weighted by atomic mass is 10.2. The van der Waals surface area contributed by atoms with Gasteiger partial charge in [0, 0.05) is 5.69 Å². The molecule has 0 spiro atoms. The second-order valence-corrected chi connectivity index (χ2v) is 3.87. The van der Waals surface area contributed by atoms with Crippen molar-refractivity contribution in [3.63, 3.8) is 0 Å². The van der Waals surface area contributed by atoms with Gasteiger partial charge in [0.2, 0.25) is 0 Å². The van der Waals surface area contributed by atoms with Crippen LogP contribution >= 0.6 is 0 Å². The van der Waals surface area contributed by atoms with Gasteiger partial charge in [-0.3, -0.25) is 4.79 Å². The van der Waals surface area contributed by atoms with Gasteiger partial charge < -0.3 is 4.74 Å². The molecule has 0 bridgehead atoms. The maximum absolute atomic E-state index is 13.0. The molecule has 0 aliphatic carbocycles. The van der Waals surface area contributed by atoms with Crippen molar-refractivity contribution in [2.24, 2.45) is 0 Å². The summed E-state index contributed by atoms with van der Waals surface area (Å²) in [5.41, 5.74) is 1.70. The number of halogens is 1. The number of carbonyl (C=O) groups is 1. The lowest BCUT2D eigenvalue weighted by molar-refractivity contribution is 0.111. The topological polar surface area (TPSA) is 39.2 Å². The van der Waals surface area contributed by atoms with Crippen molar-refractivity contribution < 1.29 is 13.9 Å². The van der Waals surface area contributed by atoms with Crippen LogP contribution < -0.4 is 4.74 Å². The monoisotopic (exact) mass is 245 g/mol. The lowest BCUT2D eigenvalue weighted by Gasteiger charge is -2.08. The molecule has 0 fully saturated rings. The van der Waals surface area contributed by atoms with E-state index in [0.717, 1.165) is 5.69 Å². The lowest BCUT2D eigenvalue weighted by Crippen LogP contribution is -2.01. The van der Waals surface area contributed by atoms with E-state index < -0.39 is 0 Å². The molecule has 0 saturated carbocycles. The summed E-state index contributed by atoms with van der Waals surface area (Å²) < 4.78 is 18.4. The van der Waals surface area contributed by atoms with Crippen LogP contribution in [0.4, 0.5) is 4.39 Å². The molecule has 0 atom stereocenters. The standard InChI is InChI=1S/C14H12FNO2/c1-10-5-6-14(13(8-17)16-10)18-9-11-3-2-4-12(15)7-11/h2-8H,9H2,1H3. The summed E-state index contributed by atoms with van der Waals surface area (Å²) in [6, 6.07) is 9.57. The van der Waals surface area contributed by atoms with E-state index in [1.165, 1.54) is 12.1 Å². The van der Waals surface area contributed by atoms with E-state index in [1.54, 1.807) is 31.2 Å². The number of rotatable bonds is 4. The molecule has 0 unspecified atom stereocenters. The van der Waals surface area contributed by atoms with Crippen molar-refractivity contribution in [1.29, 1.82) is 0 Å². The maximum atomic E-state index is 13.0. The van der Waals surface area contributed by atoms with E-state index in [9.17, 15) is 9.18 Å². The number of carbonyl (C=O) groups excluding carboxylic acids is 1. The largest absolute Gasteiger partial charge is 0.487 e. The molecule has 2 rings (SSSR count). The second-order valence-electron chi connectivity index (χ2n) is 3.87. The molecule has 92 valence electrons. The van der Waals surface area contributed by atoms with E-state index >= 15 is 0 Å². The van der Waals surface area contributed by atoms with E-state index in [1.807, 2.05) is 0 Å². The number of aldehydes is 1. The third kappa shape index (κ3) is 2.91. The maximum Gasteiger partial charge on any atom is 0.172 e. The average Bonchev–Trinajstić information content (AvgIpc) is 2.37. The Balaban J connectivity index is 2.13. The van der Waals surface area contributed by atoms with Gasteiger partial charge >= 0.3 is 0 Å². The van der Waals surface area contributed by atoms with Crippen LogP contribution in [0.2, 0.25) is 0 Å². The fraction of sp³-hybridized carbons (Fsp3) is 0.143. The summed E-state index contributed by atoms with van der Waals surface area (Å²) in [4.78, 5) is 14.9. The van der Waals surface area contributed by atoms with Gasteiger partial charge in [-0.1, -0.05) is 12.1 Å². The van der Waals surface area contributed by atoms with Crippen molar-refractivity contribution in [2.75, 3.05) is 0 Å². The number of hydrogen-bond acceptors (Lipinski definition) is 3. The van der Waals surface area contributed by atoms with E-state index in [0.29, 0.717) is 17.6 Å². The molecule has 0 N–H and O–H groups in total. The minimum atomic E-state index is -0.311. The molecule has 0 aliphatic rings.